The van der Waals surface area contributed by atoms with Gasteiger partial charge in [0.05, 0.1) is 12.2 Å². The molecule has 1 saturated heterocycles. The van der Waals surface area contributed by atoms with Gasteiger partial charge in [-0.15, -0.1) is 11.3 Å². The first kappa shape index (κ1) is 13.6. The van der Waals surface area contributed by atoms with Crippen LogP contribution in [0.2, 0.25) is 0 Å². The van der Waals surface area contributed by atoms with Gasteiger partial charge in [-0.1, -0.05) is 0 Å². The van der Waals surface area contributed by atoms with E-state index in [4.69, 9.17) is 9.40 Å². The largest absolute Gasteiger partial charge is 0.458 e. The zero-order valence-corrected chi connectivity index (χ0v) is 13.3. The van der Waals surface area contributed by atoms with E-state index in [0.717, 1.165) is 47.8 Å². The van der Waals surface area contributed by atoms with Crippen LogP contribution in [0.5, 0.6) is 0 Å². The van der Waals surface area contributed by atoms with Crippen LogP contribution in [-0.4, -0.2) is 27.6 Å². The van der Waals surface area contributed by atoms with Crippen molar-refractivity contribution in [3.63, 3.8) is 0 Å². The number of thiazole rings is 1. The predicted molar refractivity (Wildman–Crippen MR) is 87.3 cm³/mol. The highest BCUT2D eigenvalue weighted by molar-refractivity contribution is 7.13. The van der Waals surface area contributed by atoms with Crippen molar-refractivity contribution in [2.45, 2.75) is 26.3 Å². The Morgan fingerprint density at radius 3 is 2.91 bits per heavy atom. The van der Waals surface area contributed by atoms with E-state index in [9.17, 15) is 0 Å². The molecule has 5 nitrogen and oxygen atoms in total. The molecule has 0 bridgehead atoms. The van der Waals surface area contributed by atoms with Gasteiger partial charge < -0.3 is 13.9 Å². The molecule has 0 atom stereocenters. The van der Waals surface area contributed by atoms with Crippen molar-refractivity contribution in [3.8, 4) is 11.6 Å². The predicted octanol–water partition coefficient (Wildman–Crippen LogP) is 3.56. The first-order valence-corrected chi connectivity index (χ1v) is 8.45. The van der Waals surface area contributed by atoms with Crippen LogP contribution in [0.3, 0.4) is 0 Å². The lowest BCUT2D eigenvalue weighted by Gasteiger charge is -2.12. The zero-order valence-electron chi connectivity index (χ0n) is 12.5. The molecule has 4 rings (SSSR count). The summed E-state index contributed by atoms with van der Waals surface area (Å²) < 4.78 is 7.77. The van der Waals surface area contributed by atoms with Gasteiger partial charge in [-0.25, -0.2) is 9.97 Å². The quantitative estimate of drug-likeness (QED) is 0.739. The number of hydrogen-bond donors (Lipinski definition) is 0. The Hall–Kier alpha value is -2.08. The average Bonchev–Trinajstić information content (AvgIpc) is 3.26. The second-order valence-electron chi connectivity index (χ2n) is 5.60. The normalized spacial score (nSPS) is 14.9. The third-order valence-electron chi connectivity index (χ3n) is 3.92. The van der Waals surface area contributed by atoms with Crippen molar-refractivity contribution in [1.82, 2.24) is 14.5 Å². The van der Waals surface area contributed by atoms with Crippen LogP contribution < -0.4 is 4.90 Å². The summed E-state index contributed by atoms with van der Waals surface area (Å²) in [5, 5.41) is 3.29. The minimum absolute atomic E-state index is 0.722. The molecule has 0 saturated carbocycles. The average molecular weight is 314 g/mol. The van der Waals surface area contributed by atoms with Crippen molar-refractivity contribution in [1.29, 1.82) is 0 Å². The number of aromatic nitrogens is 3. The fraction of sp³-hybridized carbons (Fsp3) is 0.375. The Bertz CT molecular complexity index is 767. The molecule has 114 valence electrons. The van der Waals surface area contributed by atoms with Gasteiger partial charge in [0.15, 0.2) is 16.7 Å². The lowest BCUT2D eigenvalue weighted by atomic mass is 10.4. The lowest BCUT2D eigenvalue weighted by molar-refractivity contribution is 0.540. The topological polar surface area (TPSA) is 47.1 Å². The monoisotopic (exact) mass is 314 g/mol. The summed E-state index contributed by atoms with van der Waals surface area (Å²) in [5.74, 6) is 2.55. The van der Waals surface area contributed by atoms with Crippen LogP contribution >= 0.6 is 11.3 Å². The summed E-state index contributed by atoms with van der Waals surface area (Å²) in [6, 6.07) is 3.92. The smallest absolute Gasteiger partial charge is 0.185 e. The molecule has 0 aliphatic carbocycles. The van der Waals surface area contributed by atoms with Gasteiger partial charge in [-0.3, -0.25) is 0 Å². The molecule has 0 unspecified atom stereocenters. The Labute approximate surface area is 133 Å². The molecule has 0 amide bonds. The summed E-state index contributed by atoms with van der Waals surface area (Å²) in [6.45, 7) is 4.93. The molecular weight excluding hydrogens is 296 g/mol. The molecule has 22 heavy (non-hydrogen) atoms. The van der Waals surface area contributed by atoms with Crippen molar-refractivity contribution < 1.29 is 4.42 Å². The maximum atomic E-state index is 5.68. The number of rotatable bonds is 4. The van der Waals surface area contributed by atoms with E-state index >= 15 is 0 Å². The number of furan rings is 1. The van der Waals surface area contributed by atoms with Gasteiger partial charge in [-0.2, -0.15) is 0 Å². The van der Waals surface area contributed by atoms with Gasteiger partial charge in [0, 0.05) is 30.9 Å². The van der Waals surface area contributed by atoms with E-state index in [1.807, 2.05) is 25.3 Å². The third kappa shape index (κ3) is 2.54. The molecule has 3 aromatic heterocycles. The van der Waals surface area contributed by atoms with E-state index in [1.54, 1.807) is 17.5 Å². The van der Waals surface area contributed by atoms with E-state index < -0.39 is 0 Å². The Balaban J connectivity index is 1.55. The molecule has 3 aromatic rings. The van der Waals surface area contributed by atoms with Crippen molar-refractivity contribution in [2.24, 2.45) is 0 Å². The molecule has 0 aromatic carbocycles. The number of imidazole rings is 1. The Morgan fingerprint density at radius 1 is 1.27 bits per heavy atom. The Kier molecular flexibility index (Phi) is 3.46. The minimum Gasteiger partial charge on any atom is -0.458 e. The number of hydrogen-bond acceptors (Lipinski definition) is 5. The minimum atomic E-state index is 0.722. The molecule has 0 spiro atoms. The molecule has 1 aliphatic heterocycles. The standard InChI is InChI=1S/C16H18N4OS/c1-12-4-5-14(21-12)15-17-6-9-20(15)10-13-11-22-16(18-13)19-7-2-3-8-19/h4-6,9,11H,2-3,7-8,10H2,1H3. The van der Waals surface area contributed by atoms with Crippen LogP contribution in [0.1, 0.15) is 24.3 Å². The molecular formula is C16H18N4OS. The van der Waals surface area contributed by atoms with Gasteiger partial charge in [-0.05, 0) is 31.9 Å². The first-order chi connectivity index (χ1) is 10.8. The van der Waals surface area contributed by atoms with Gasteiger partial charge in [0.1, 0.15) is 5.76 Å². The summed E-state index contributed by atoms with van der Waals surface area (Å²) in [6.07, 6.45) is 6.33. The molecule has 1 fully saturated rings. The fourth-order valence-corrected chi connectivity index (χ4v) is 3.68. The van der Waals surface area contributed by atoms with Crippen LogP contribution in [0, 0.1) is 6.92 Å². The second kappa shape index (κ2) is 5.61. The van der Waals surface area contributed by atoms with Gasteiger partial charge >= 0.3 is 0 Å². The summed E-state index contributed by atoms with van der Waals surface area (Å²) in [4.78, 5) is 11.6. The van der Waals surface area contributed by atoms with Crippen molar-refractivity contribution >= 4 is 16.5 Å². The lowest BCUT2D eigenvalue weighted by Crippen LogP contribution is -2.17. The molecule has 1 aliphatic rings. The first-order valence-electron chi connectivity index (χ1n) is 7.57. The molecule has 6 heteroatoms. The zero-order chi connectivity index (χ0) is 14.9. The number of anilines is 1. The highest BCUT2D eigenvalue weighted by atomic mass is 32.1. The van der Waals surface area contributed by atoms with Crippen LogP contribution in [0.4, 0.5) is 5.13 Å². The highest BCUT2D eigenvalue weighted by Gasteiger charge is 2.16. The van der Waals surface area contributed by atoms with E-state index in [2.05, 4.69) is 19.8 Å². The van der Waals surface area contributed by atoms with Gasteiger partial charge in [0.25, 0.3) is 0 Å². The SMILES string of the molecule is Cc1ccc(-c2nccn2Cc2csc(N3CCCC3)n2)o1. The van der Waals surface area contributed by atoms with Crippen molar-refractivity contribution in [3.05, 3.63) is 41.4 Å². The van der Waals surface area contributed by atoms with E-state index in [0.29, 0.717) is 0 Å². The maximum Gasteiger partial charge on any atom is 0.185 e. The fourth-order valence-electron chi connectivity index (χ4n) is 2.81. The summed E-state index contributed by atoms with van der Waals surface area (Å²) in [5.41, 5.74) is 1.08. The molecule has 4 heterocycles. The van der Waals surface area contributed by atoms with Crippen molar-refractivity contribution in [2.75, 3.05) is 18.0 Å². The van der Waals surface area contributed by atoms with Crippen LogP contribution in [0.15, 0.2) is 34.3 Å². The second-order valence-corrected chi connectivity index (χ2v) is 6.44. The van der Waals surface area contributed by atoms with Crippen LogP contribution in [0.25, 0.3) is 11.6 Å². The van der Waals surface area contributed by atoms with Crippen LogP contribution in [-0.2, 0) is 6.54 Å². The summed E-state index contributed by atoms with van der Waals surface area (Å²) in [7, 11) is 0. The number of aryl methyl sites for hydroxylation is 1. The molecule has 0 radical (unpaired) electrons. The highest BCUT2D eigenvalue weighted by Crippen LogP contribution is 2.26. The Morgan fingerprint density at radius 2 is 2.14 bits per heavy atom. The third-order valence-corrected chi connectivity index (χ3v) is 4.88. The number of nitrogens with zero attached hydrogens (tertiary/aromatic N) is 4. The molecule has 0 N–H and O–H groups in total. The van der Waals surface area contributed by atoms with E-state index in [1.165, 1.54) is 12.8 Å². The summed E-state index contributed by atoms with van der Waals surface area (Å²) >= 11 is 1.73. The van der Waals surface area contributed by atoms with Gasteiger partial charge in [0.2, 0.25) is 0 Å². The maximum absolute atomic E-state index is 5.68. The van der Waals surface area contributed by atoms with E-state index in [-0.39, 0.29) is 0 Å².